The number of unbranched alkanes of at least 4 members (excludes halogenated alkanes) is 1. The van der Waals surface area contributed by atoms with Crippen LogP contribution in [0.4, 0.5) is 5.82 Å². The van der Waals surface area contributed by atoms with Crippen molar-refractivity contribution >= 4 is 44.9 Å². The first-order valence-electron chi connectivity index (χ1n) is 6.90. The van der Waals surface area contributed by atoms with E-state index in [0.717, 1.165) is 41.8 Å². The van der Waals surface area contributed by atoms with Crippen molar-refractivity contribution in [1.29, 1.82) is 0 Å². The molecule has 0 saturated heterocycles. The number of benzene rings is 1. The molecule has 0 spiro atoms. The van der Waals surface area contributed by atoms with Crippen LogP contribution < -0.4 is 4.90 Å². The van der Waals surface area contributed by atoms with Gasteiger partial charge >= 0.3 is 0 Å². The molecule has 0 atom stereocenters. The number of halogens is 3. The Kier molecular flexibility index (Phi) is 6.34. The topological polar surface area (TPSA) is 16.1 Å². The molecule has 1 aromatic heterocycles. The smallest absolute Gasteiger partial charge is 0.128 e. The minimum atomic E-state index is 0.585. The zero-order chi connectivity index (χ0) is 15.2. The first-order valence-corrected chi connectivity index (χ1v) is 8.45. The van der Waals surface area contributed by atoms with Crippen molar-refractivity contribution in [2.75, 3.05) is 11.4 Å². The van der Waals surface area contributed by atoms with Crippen LogP contribution in [0.3, 0.4) is 0 Å². The number of rotatable bonds is 6. The van der Waals surface area contributed by atoms with Gasteiger partial charge in [0.15, 0.2) is 0 Å². The summed E-state index contributed by atoms with van der Waals surface area (Å²) >= 11 is 15.5. The van der Waals surface area contributed by atoms with E-state index in [1.165, 1.54) is 0 Å². The highest BCUT2D eigenvalue weighted by Gasteiger charge is 2.09. The molecule has 0 unspecified atom stereocenters. The number of nitrogens with zero attached hydrogens (tertiary/aromatic N) is 2. The van der Waals surface area contributed by atoms with Crippen molar-refractivity contribution in [3.05, 3.63) is 56.6 Å². The molecule has 21 heavy (non-hydrogen) atoms. The first-order chi connectivity index (χ1) is 10.1. The summed E-state index contributed by atoms with van der Waals surface area (Å²) in [6.07, 6.45) is 4.09. The number of hydrogen-bond acceptors (Lipinski definition) is 2. The van der Waals surface area contributed by atoms with Crippen LogP contribution >= 0.6 is 39.1 Å². The minimum Gasteiger partial charge on any atom is -0.352 e. The van der Waals surface area contributed by atoms with Crippen molar-refractivity contribution in [3.63, 3.8) is 0 Å². The van der Waals surface area contributed by atoms with Crippen molar-refractivity contribution in [3.8, 4) is 0 Å². The molecule has 112 valence electrons. The Morgan fingerprint density at radius 1 is 1.14 bits per heavy atom. The Morgan fingerprint density at radius 2 is 1.95 bits per heavy atom. The lowest BCUT2D eigenvalue weighted by Crippen LogP contribution is -2.24. The van der Waals surface area contributed by atoms with Gasteiger partial charge in [-0.05, 0) is 52.2 Å². The van der Waals surface area contributed by atoms with Crippen LogP contribution in [0.1, 0.15) is 25.3 Å². The summed E-state index contributed by atoms with van der Waals surface area (Å²) in [7, 11) is 0. The summed E-state index contributed by atoms with van der Waals surface area (Å²) in [6.45, 7) is 3.92. The Bertz CT molecular complexity index is 587. The van der Waals surface area contributed by atoms with Gasteiger partial charge in [-0.15, -0.1) is 0 Å². The second kappa shape index (κ2) is 8.02. The fourth-order valence-electron chi connectivity index (χ4n) is 2.04. The number of pyridine rings is 1. The van der Waals surface area contributed by atoms with E-state index in [0.29, 0.717) is 10.0 Å². The Hall–Kier alpha value is -0.770. The zero-order valence-electron chi connectivity index (χ0n) is 11.8. The maximum absolute atomic E-state index is 6.10. The van der Waals surface area contributed by atoms with Crippen molar-refractivity contribution in [1.82, 2.24) is 4.98 Å². The van der Waals surface area contributed by atoms with E-state index in [1.54, 1.807) is 0 Å². The monoisotopic (exact) mass is 386 g/mol. The van der Waals surface area contributed by atoms with Gasteiger partial charge in [0.1, 0.15) is 5.82 Å². The van der Waals surface area contributed by atoms with Crippen molar-refractivity contribution < 1.29 is 0 Å². The van der Waals surface area contributed by atoms with E-state index in [9.17, 15) is 0 Å². The minimum absolute atomic E-state index is 0.585. The van der Waals surface area contributed by atoms with Gasteiger partial charge in [0.2, 0.25) is 0 Å². The van der Waals surface area contributed by atoms with E-state index in [1.807, 2.05) is 36.5 Å². The second-order valence-electron chi connectivity index (χ2n) is 4.86. The largest absolute Gasteiger partial charge is 0.352 e. The van der Waals surface area contributed by atoms with Crippen LogP contribution in [0.5, 0.6) is 0 Å². The Balaban J connectivity index is 2.19. The molecule has 2 aromatic rings. The molecule has 5 heteroatoms. The van der Waals surface area contributed by atoms with Crippen molar-refractivity contribution in [2.45, 2.75) is 26.3 Å². The number of anilines is 1. The predicted octanol–water partition coefficient (Wildman–Crippen LogP) is 5.96. The van der Waals surface area contributed by atoms with Gasteiger partial charge in [-0.2, -0.15) is 0 Å². The molecule has 0 aliphatic rings. The molecular formula is C16H17BrCl2N2. The van der Waals surface area contributed by atoms with Crippen LogP contribution in [0.15, 0.2) is 41.0 Å². The normalized spacial score (nSPS) is 10.7. The highest BCUT2D eigenvalue weighted by atomic mass is 79.9. The molecule has 0 saturated carbocycles. The summed E-state index contributed by atoms with van der Waals surface area (Å²) in [5, 5.41) is 1.18. The predicted molar refractivity (Wildman–Crippen MR) is 94.4 cm³/mol. The van der Waals surface area contributed by atoms with E-state index >= 15 is 0 Å². The van der Waals surface area contributed by atoms with Gasteiger partial charge in [-0.25, -0.2) is 4.98 Å². The molecule has 0 radical (unpaired) electrons. The SMILES string of the molecule is CCCCN(Cc1ccc(Cl)c(Cl)c1)c1ccc(Br)cn1. The van der Waals surface area contributed by atoms with Crippen LogP contribution in [-0.4, -0.2) is 11.5 Å². The highest BCUT2D eigenvalue weighted by Crippen LogP contribution is 2.24. The van der Waals surface area contributed by atoms with Crippen molar-refractivity contribution in [2.24, 2.45) is 0 Å². The zero-order valence-corrected chi connectivity index (χ0v) is 14.9. The molecule has 2 rings (SSSR count). The Labute approximate surface area is 144 Å². The summed E-state index contributed by atoms with van der Waals surface area (Å²) < 4.78 is 0.983. The lowest BCUT2D eigenvalue weighted by molar-refractivity contribution is 0.707. The number of hydrogen-bond donors (Lipinski definition) is 0. The summed E-state index contributed by atoms with van der Waals surface area (Å²) in [6, 6.07) is 9.80. The molecule has 0 aliphatic carbocycles. The maximum atomic E-state index is 6.10. The molecule has 0 fully saturated rings. The van der Waals surface area contributed by atoms with Gasteiger partial charge in [-0.3, -0.25) is 0 Å². The Morgan fingerprint density at radius 3 is 2.57 bits per heavy atom. The van der Waals surface area contributed by atoms with Crippen LogP contribution in [-0.2, 0) is 6.54 Å². The van der Waals surface area contributed by atoms with Crippen LogP contribution in [0.2, 0.25) is 10.0 Å². The molecule has 1 heterocycles. The van der Waals surface area contributed by atoms with Gasteiger partial charge < -0.3 is 4.90 Å². The van der Waals surface area contributed by atoms with E-state index in [4.69, 9.17) is 23.2 Å². The lowest BCUT2D eigenvalue weighted by Gasteiger charge is -2.24. The molecular weight excluding hydrogens is 371 g/mol. The standard InChI is InChI=1S/C16H17BrCl2N2/c1-2-3-8-21(16-7-5-13(17)10-20-16)11-12-4-6-14(18)15(19)9-12/h4-7,9-10H,2-3,8,11H2,1H3. The van der Waals surface area contributed by atoms with Gasteiger partial charge in [0, 0.05) is 23.8 Å². The van der Waals surface area contributed by atoms with Gasteiger partial charge in [0.25, 0.3) is 0 Å². The fourth-order valence-corrected chi connectivity index (χ4v) is 2.59. The highest BCUT2D eigenvalue weighted by molar-refractivity contribution is 9.10. The number of aromatic nitrogens is 1. The average molecular weight is 388 g/mol. The van der Waals surface area contributed by atoms with Crippen LogP contribution in [0.25, 0.3) is 0 Å². The molecule has 2 nitrogen and oxygen atoms in total. The molecule has 0 amide bonds. The average Bonchev–Trinajstić information content (AvgIpc) is 2.48. The molecule has 1 aromatic carbocycles. The van der Waals surface area contributed by atoms with Gasteiger partial charge in [-0.1, -0.05) is 42.6 Å². The quantitative estimate of drug-likeness (QED) is 0.607. The third kappa shape index (κ3) is 4.87. The summed E-state index contributed by atoms with van der Waals surface area (Å²) in [4.78, 5) is 6.75. The lowest BCUT2D eigenvalue weighted by atomic mass is 10.2. The molecule has 0 aliphatic heterocycles. The third-order valence-electron chi connectivity index (χ3n) is 3.17. The van der Waals surface area contributed by atoms with E-state index in [2.05, 4.69) is 32.7 Å². The van der Waals surface area contributed by atoms with Crippen LogP contribution in [0, 0.1) is 0 Å². The molecule has 0 bridgehead atoms. The third-order valence-corrected chi connectivity index (χ3v) is 4.38. The van der Waals surface area contributed by atoms with E-state index in [-0.39, 0.29) is 0 Å². The second-order valence-corrected chi connectivity index (χ2v) is 6.59. The summed E-state index contributed by atoms with van der Waals surface area (Å²) in [5.74, 6) is 0.970. The molecule has 0 N–H and O–H groups in total. The van der Waals surface area contributed by atoms with Gasteiger partial charge in [0.05, 0.1) is 10.0 Å². The van der Waals surface area contributed by atoms with E-state index < -0.39 is 0 Å². The maximum Gasteiger partial charge on any atom is 0.128 e. The summed E-state index contributed by atoms with van der Waals surface area (Å²) in [5.41, 5.74) is 1.13. The fraction of sp³-hybridized carbons (Fsp3) is 0.312. The first kappa shape index (κ1) is 16.6.